The molecule has 1 aromatic heterocycles. The zero-order valence-corrected chi connectivity index (χ0v) is 19.1. The predicted molar refractivity (Wildman–Crippen MR) is 121 cm³/mol. The molecule has 6 heteroatoms. The Hall–Kier alpha value is -2.66. The minimum Gasteiger partial charge on any atom is -0.459 e. The molecule has 1 heterocycles. The lowest BCUT2D eigenvalue weighted by Crippen LogP contribution is -2.13. The molecule has 2 aromatic carbocycles. The van der Waals surface area contributed by atoms with Crippen LogP contribution in [0.5, 0.6) is 0 Å². The number of aromatic nitrogens is 3. The lowest BCUT2D eigenvalue weighted by molar-refractivity contribution is -0.146. The standard InChI is InChI=1S/C22H24ClN3O2.C2H6/c1-15(2)12-17-4-6-18(7-5-17)16(3)22(27)28-14-20-13-26(25-24-20)21-10-8-19(23)9-11-21;1-2/h4-11,13,15-16H,12,14H2,1-3H3;1-2H3. The monoisotopic (exact) mass is 427 g/mol. The van der Waals surface area contributed by atoms with E-state index in [-0.39, 0.29) is 18.5 Å². The van der Waals surface area contributed by atoms with Gasteiger partial charge in [0.15, 0.2) is 0 Å². The van der Waals surface area contributed by atoms with E-state index in [9.17, 15) is 4.79 Å². The van der Waals surface area contributed by atoms with Crippen molar-refractivity contribution in [3.05, 3.63) is 76.6 Å². The molecule has 0 aliphatic heterocycles. The van der Waals surface area contributed by atoms with E-state index in [0.29, 0.717) is 16.6 Å². The zero-order valence-electron chi connectivity index (χ0n) is 18.3. The van der Waals surface area contributed by atoms with Crippen LogP contribution in [0.3, 0.4) is 0 Å². The van der Waals surface area contributed by atoms with Gasteiger partial charge in [0, 0.05) is 5.02 Å². The van der Waals surface area contributed by atoms with Crippen LogP contribution >= 0.6 is 11.6 Å². The minimum atomic E-state index is -0.334. The highest BCUT2D eigenvalue weighted by atomic mass is 35.5. The maximum Gasteiger partial charge on any atom is 0.313 e. The lowest BCUT2D eigenvalue weighted by Gasteiger charge is -2.12. The average molecular weight is 428 g/mol. The molecule has 3 rings (SSSR count). The van der Waals surface area contributed by atoms with Crippen LogP contribution in [0.1, 0.15) is 57.4 Å². The molecule has 0 bridgehead atoms. The molecule has 0 saturated carbocycles. The number of carbonyl (C=O) groups excluding carboxylic acids is 1. The Morgan fingerprint density at radius 3 is 2.27 bits per heavy atom. The predicted octanol–water partition coefficient (Wildman–Crippen LogP) is 5.99. The normalized spacial score (nSPS) is 11.6. The summed E-state index contributed by atoms with van der Waals surface area (Å²) >= 11 is 5.90. The van der Waals surface area contributed by atoms with Crippen LogP contribution in [-0.2, 0) is 22.6 Å². The Kier molecular flexibility index (Phi) is 9.06. The number of hydrogen-bond acceptors (Lipinski definition) is 4. The van der Waals surface area contributed by atoms with E-state index in [4.69, 9.17) is 16.3 Å². The van der Waals surface area contributed by atoms with E-state index in [1.54, 1.807) is 23.0 Å². The third-order valence-electron chi connectivity index (χ3n) is 4.47. The third-order valence-corrected chi connectivity index (χ3v) is 4.72. The summed E-state index contributed by atoms with van der Waals surface area (Å²) < 4.78 is 7.05. The van der Waals surface area contributed by atoms with E-state index in [2.05, 4.69) is 36.3 Å². The first-order valence-electron chi connectivity index (χ1n) is 10.3. The van der Waals surface area contributed by atoms with Gasteiger partial charge in [0.2, 0.25) is 0 Å². The van der Waals surface area contributed by atoms with Crippen LogP contribution in [0.4, 0.5) is 0 Å². The van der Waals surface area contributed by atoms with Crippen molar-refractivity contribution in [1.82, 2.24) is 15.0 Å². The smallest absolute Gasteiger partial charge is 0.313 e. The van der Waals surface area contributed by atoms with Gasteiger partial charge in [-0.2, -0.15) is 0 Å². The number of benzene rings is 2. The molecule has 1 atom stereocenters. The topological polar surface area (TPSA) is 57.0 Å². The lowest BCUT2D eigenvalue weighted by atomic mass is 9.97. The Morgan fingerprint density at radius 1 is 1.03 bits per heavy atom. The quantitative estimate of drug-likeness (QED) is 0.434. The minimum absolute atomic E-state index is 0.0855. The van der Waals surface area contributed by atoms with E-state index in [1.165, 1.54) is 5.56 Å². The summed E-state index contributed by atoms with van der Waals surface area (Å²) in [6.45, 7) is 10.3. The SMILES string of the molecule is CC.CC(C)Cc1ccc(C(C)C(=O)OCc2cn(-c3ccc(Cl)cc3)nn2)cc1. The molecule has 0 aliphatic rings. The van der Waals surface area contributed by atoms with E-state index >= 15 is 0 Å². The molecule has 1 unspecified atom stereocenters. The Bertz CT molecular complexity index is 918. The molecule has 3 aromatic rings. The van der Waals surface area contributed by atoms with Crippen LogP contribution in [-0.4, -0.2) is 21.0 Å². The van der Waals surface area contributed by atoms with E-state index in [0.717, 1.165) is 17.7 Å². The number of hydrogen-bond donors (Lipinski definition) is 0. The summed E-state index contributed by atoms with van der Waals surface area (Å²) in [5, 5.41) is 8.78. The highest BCUT2D eigenvalue weighted by Crippen LogP contribution is 2.19. The van der Waals surface area contributed by atoms with Crippen LogP contribution in [0.25, 0.3) is 5.69 Å². The fraction of sp³-hybridized carbons (Fsp3) is 0.375. The molecule has 30 heavy (non-hydrogen) atoms. The second-order valence-electron chi connectivity index (χ2n) is 7.30. The average Bonchev–Trinajstić information content (AvgIpc) is 3.22. The Labute approximate surface area is 184 Å². The highest BCUT2D eigenvalue weighted by molar-refractivity contribution is 6.30. The van der Waals surface area contributed by atoms with Gasteiger partial charge in [0.25, 0.3) is 0 Å². The van der Waals surface area contributed by atoms with Crippen molar-refractivity contribution in [1.29, 1.82) is 0 Å². The maximum atomic E-state index is 12.4. The molecule has 0 amide bonds. The summed E-state index contributed by atoms with van der Waals surface area (Å²) in [6, 6.07) is 15.4. The van der Waals surface area contributed by atoms with Crippen molar-refractivity contribution in [2.75, 3.05) is 0 Å². The molecule has 0 N–H and O–H groups in total. The largest absolute Gasteiger partial charge is 0.459 e. The van der Waals surface area contributed by atoms with Crippen molar-refractivity contribution in [3.8, 4) is 5.69 Å². The van der Waals surface area contributed by atoms with Gasteiger partial charge in [-0.05, 0) is 54.7 Å². The van der Waals surface area contributed by atoms with E-state index < -0.39 is 0 Å². The summed E-state index contributed by atoms with van der Waals surface area (Å²) in [7, 11) is 0. The van der Waals surface area contributed by atoms with Gasteiger partial charge in [-0.3, -0.25) is 4.79 Å². The van der Waals surface area contributed by atoms with Crippen LogP contribution in [0.15, 0.2) is 54.7 Å². The van der Waals surface area contributed by atoms with E-state index in [1.807, 2.05) is 45.0 Å². The Balaban J connectivity index is 0.00000155. The van der Waals surface area contributed by atoms with Gasteiger partial charge in [0.05, 0.1) is 17.8 Å². The second kappa shape index (κ2) is 11.5. The first-order chi connectivity index (χ1) is 14.4. The second-order valence-corrected chi connectivity index (χ2v) is 7.74. The van der Waals surface area contributed by atoms with Crippen molar-refractivity contribution < 1.29 is 9.53 Å². The van der Waals surface area contributed by atoms with Gasteiger partial charge in [-0.1, -0.05) is 68.8 Å². The molecule has 0 aliphatic carbocycles. The van der Waals surface area contributed by atoms with Crippen LogP contribution in [0, 0.1) is 5.92 Å². The fourth-order valence-corrected chi connectivity index (χ4v) is 3.03. The van der Waals surface area contributed by atoms with Crippen molar-refractivity contribution >= 4 is 17.6 Å². The molecule has 5 nitrogen and oxygen atoms in total. The number of ether oxygens (including phenoxy) is 1. The first-order valence-corrected chi connectivity index (χ1v) is 10.7. The van der Waals surface area contributed by atoms with Gasteiger partial charge in [0.1, 0.15) is 12.3 Å². The third kappa shape index (κ3) is 6.70. The first kappa shape index (κ1) is 23.6. The molecule has 0 spiro atoms. The number of rotatable bonds is 7. The number of esters is 1. The summed E-state index contributed by atoms with van der Waals surface area (Å²) in [5.41, 5.74) is 3.65. The molecule has 0 radical (unpaired) electrons. The molecule has 160 valence electrons. The molecule has 0 fully saturated rings. The van der Waals surface area contributed by atoms with Crippen LogP contribution in [0.2, 0.25) is 5.02 Å². The summed E-state index contributed by atoms with van der Waals surface area (Å²) in [5.74, 6) is -0.00779. The van der Waals surface area contributed by atoms with Gasteiger partial charge in [-0.15, -0.1) is 5.10 Å². The summed E-state index contributed by atoms with van der Waals surface area (Å²) in [6.07, 6.45) is 2.77. The van der Waals surface area contributed by atoms with Crippen molar-refractivity contribution in [2.45, 2.75) is 53.6 Å². The van der Waals surface area contributed by atoms with Gasteiger partial charge in [-0.25, -0.2) is 4.68 Å². The fourth-order valence-electron chi connectivity index (χ4n) is 2.90. The van der Waals surface area contributed by atoms with Gasteiger partial charge < -0.3 is 4.74 Å². The summed E-state index contributed by atoms with van der Waals surface area (Å²) in [4.78, 5) is 12.4. The molecular weight excluding hydrogens is 398 g/mol. The van der Waals surface area contributed by atoms with Crippen molar-refractivity contribution in [2.24, 2.45) is 5.92 Å². The molecule has 0 saturated heterocycles. The van der Waals surface area contributed by atoms with Crippen molar-refractivity contribution in [3.63, 3.8) is 0 Å². The number of carbonyl (C=O) groups is 1. The highest BCUT2D eigenvalue weighted by Gasteiger charge is 2.17. The van der Waals surface area contributed by atoms with Gasteiger partial charge >= 0.3 is 5.97 Å². The maximum absolute atomic E-state index is 12.4. The number of nitrogens with zero attached hydrogens (tertiary/aromatic N) is 3. The zero-order chi connectivity index (χ0) is 22.1. The molecular formula is C24H30ClN3O2. The van der Waals surface area contributed by atoms with Crippen LogP contribution < -0.4 is 0 Å². The Morgan fingerprint density at radius 2 is 1.67 bits per heavy atom. The number of halogens is 1.